The highest BCUT2D eigenvalue weighted by molar-refractivity contribution is 5.84. The Morgan fingerprint density at radius 3 is 2.71 bits per heavy atom. The fraction of sp³-hybridized carbons (Fsp3) is 0.300. The van der Waals surface area contributed by atoms with Crippen LogP contribution >= 0.6 is 0 Å². The quantitative estimate of drug-likeness (QED) is 0.744. The Hall–Kier alpha value is -2.33. The van der Waals surface area contributed by atoms with Crippen LogP contribution in [0.3, 0.4) is 0 Å². The molecule has 1 unspecified atom stereocenters. The third kappa shape index (κ3) is 3.15. The van der Waals surface area contributed by atoms with E-state index in [0.717, 1.165) is 12.0 Å². The van der Waals surface area contributed by atoms with Crippen LogP contribution < -0.4 is 10.5 Å². The van der Waals surface area contributed by atoms with E-state index in [1.165, 1.54) is 16.5 Å². The average Bonchev–Trinajstić information content (AvgIpc) is 2.91. The zero-order valence-electron chi connectivity index (χ0n) is 14.1. The maximum Gasteiger partial charge on any atom is 0.165 e. The molecule has 3 aromatic rings. The van der Waals surface area contributed by atoms with Gasteiger partial charge in [-0.1, -0.05) is 24.3 Å². The summed E-state index contributed by atoms with van der Waals surface area (Å²) in [4.78, 5) is 0. The van der Waals surface area contributed by atoms with Gasteiger partial charge >= 0.3 is 0 Å². The van der Waals surface area contributed by atoms with E-state index in [-0.39, 0.29) is 11.7 Å². The monoisotopic (exact) mass is 326 g/mol. The van der Waals surface area contributed by atoms with Crippen LogP contribution in [0.15, 0.2) is 48.7 Å². The molecule has 0 saturated heterocycles. The highest BCUT2D eigenvalue weighted by atomic mass is 19.1. The van der Waals surface area contributed by atoms with Gasteiger partial charge in [0.15, 0.2) is 11.6 Å². The minimum atomic E-state index is -0.328. The molecule has 0 bridgehead atoms. The normalized spacial score (nSPS) is 12.5. The smallest absolute Gasteiger partial charge is 0.165 e. The van der Waals surface area contributed by atoms with Gasteiger partial charge in [0, 0.05) is 30.1 Å². The maximum atomic E-state index is 14.2. The summed E-state index contributed by atoms with van der Waals surface area (Å²) in [6.45, 7) is 2.76. The molecule has 0 radical (unpaired) electrons. The van der Waals surface area contributed by atoms with Crippen molar-refractivity contribution in [1.29, 1.82) is 0 Å². The molecule has 0 aliphatic rings. The second-order valence-corrected chi connectivity index (χ2v) is 6.04. The van der Waals surface area contributed by atoms with Crippen LogP contribution in [-0.2, 0) is 13.5 Å². The molecule has 2 N–H and O–H groups in total. The van der Waals surface area contributed by atoms with E-state index in [0.29, 0.717) is 18.9 Å². The Morgan fingerprint density at radius 2 is 2.00 bits per heavy atom. The van der Waals surface area contributed by atoms with Crippen LogP contribution in [0.5, 0.6) is 5.75 Å². The number of aromatic nitrogens is 1. The molecule has 2 aromatic carbocycles. The van der Waals surface area contributed by atoms with Crippen molar-refractivity contribution in [2.45, 2.75) is 19.3 Å². The molecule has 0 amide bonds. The summed E-state index contributed by atoms with van der Waals surface area (Å²) >= 11 is 0. The summed E-state index contributed by atoms with van der Waals surface area (Å²) in [6.07, 6.45) is 2.92. The number of ether oxygens (including phenoxy) is 1. The molecular formula is C20H23FN2O. The van der Waals surface area contributed by atoms with Gasteiger partial charge in [-0.05, 0) is 49.2 Å². The molecule has 24 heavy (non-hydrogen) atoms. The lowest BCUT2D eigenvalue weighted by Crippen LogP contribution is -2.15. The molecule has 4 heteroatoms. The van der Waals surface area contributed by atoms with Crippen molar-refractivity contribution in [3.05, 3.63) is 65.6 Å². The zero-order valence-corrected chi connectivity index (χ0v) is 14.1. The summed E-state index contributed by atoms with van der Waals surface area (Å²) in [6, 6.07) is 13.5. The summed E-state index contributed by atoms with van der Waals surface area (Å²) in [5, 5.41) is 1.23. The van der Waals surface area contributed by atoms with Crippen molar-refractivity contribution in [2.75, 3.05) is 13.2 Å². The van der Waals surface area contributed by atoms with Gasteiger partial charge in [0.25, 0.3) is 0 Å². The van der Waals surface area contributed by atoms with Crippen molar-refractivity contribution in [2.24, 2.45) is 12.8 Å². The molecule has 0 spiro atoms. The van der Waals surface area contributed by atoms with Gasteiger partial charge in [-0.25, -0.2) is 4.39 Å². The first-order valence-electron chi connectivity index (χ1n) is 8.29. The van der Waals surface area contributed by atoms with Crippen LogP contribution in [0.25, 0.3) is 10.9 Å². The van der Waals surface area contributed by atoms with Gasteiger partial charge in [-0.3, -0.25) is 0 Å². The number of fused-ring (bicyclic) bond motifs is 1. The molecule has 0 fully saturated rings. The lowest BCUT2D eigenvalue weighted by molar-refractivity contribution is 0.321. The van der Waals surface area contributed by atoms with E-state index in [2.05, 4.69) is 22.9 Å². The molecule has 3 rings (SSSR count). The summed E-state index contributed by atoms with van der Waals surface area (Å²) in [5.74, 6) is 0.0360. The minimum Gasteiger partial charge on any atom is -0.491 e. The number of hydrogen-bond acceptors (Lipinski definition) is 2. The number of nitrogens with zero attached hydrogens (tertiary/aromatic N) is 1. The van der Waals surface area contributed by atoms with Crippen LogP contribution in [0.4, 0.5) is 4.39 Å². The Labute approximate surface area is 141 Å². The molecule has 1 aromatic heterocycles. The lowest BCUT2D eigenvalue weighted by atomic mass is 9.91. The van der Waals surface area contributed by atoms with Crippen LogP contribution in [0, 0.1) is 5.82 Å². The van der Waals surface area contributed by atoms with Crippen molar-refractivity contribution >= 4 is 10.9 Å². The molecule has 1 atom stereocenters. The Kier molecular flexibility index (Phi) is 4.86. The minimum absolute atomic E-state index is 0.0704. The van der Waals surface area contributed by atoms with E-state index in [1.54, 1.807) is 12.1 Å². The summed E-state index contributed by atoms with van der Waals surface area (Å²) in [7, 11) is 2.04. The largest absolute Gasteiger partial charge is 0.491 e. The second-order valence-electron chi connectivity index (χ2n) is 6.04. The van der Waals surface area contributed by atoms with E-state index >= 15 is 0 Å². The topological polar surface area (TPSA) is 40.2 Å². The van der Waals surface area contributed by atoms with E-state index in [9.17, 15) is 4.39 Å². The van der Waals surface area contributed by atoms with Crippen molar-refractivity contribution in [3.8, 4) is 5.75 Å². The Balaban J connectivity index is 1.90. The number of aryl methyl sites for hydroxylation is 1. The molecule has 0 aliphatic heterocycles. The van der Waals surface area contributed by atoms with Crippen molar-refractivity contribution in [1.82, 2.24) is 4.57 Å². The standard InChI is InChI=1S/C20H23FN2O/c1-3-24-20-9-8-14(11-18(20)21)15(12-22)10-16-13-23(2)19-7-5-4-6-17(16)19/h4-9,11,13,15H,3,10,12,22H2,1-2H3. The SMILES string of the molecule is CCOc1ccc(C(CN)Cc2cn(C)c3ccccc23)cc1F. The predicted molar refractivity (Wildman–Crippen MR) is 96.0 cm³/mol. The van der Waals surface area contributed by atoms with Gasteiger partial charge in [0.1, 0.15) is 0 Å². The molecular weight excluding hydrogens is 303 g/mol. The third-order valence-electron chi connectivity index (χ3n) is 4.46. The number of hydrogen-bond donors (Lipinski definition) is 1. The van der Waals surface area contributed by atoms with Gasteiger partial charge in [0.2, 0.25) is 0 Å². The van der Waals surface area contributed by atoms with Crippen molar-refractivity contribution < 1.29 is 9.13 Å². The number of rotatable bonds is 6. The van der Waals surface area contributed by atoms with Crippen LogP contribution in [0.1, 0.15) is 24.0 Å². The first-order chi connectivity index (χ1) is 11.6. The second kappa shape index (κ2) is 7.05. The molecule has 126 valence electrons. The molecule has 1 heterocycles. The molecule has 0 saturated carbocycles. The zero-order chi connectivity index (χ0) is 17.1. The first-order valence-corrected chi connectivity index (χ1v) is 8.29. The summed E-state index contributed by atoms with van der Waals surface area (Å²) in [5.41, 5.74) is 9.33. The van der Waals surface area contributed by atoms with Gasteiger partial charge in [0.05, 0.1) is 6.61 Å². The fourth-order valence-electron chi connectivity index (χ4n) is 3.23. The highest BCUT2D eigenvalue weighted by Crippen LogP contribution is 2.29. The predicted octanol–water partition coefficient (Wildman–Crippen LogP) is 4.00. The lowest BCUT2D eigenvalue weighted by Gasteiger charge is -2.16. The Morgan fingerprint density at radius 1 is 1.21 bits per heavy atom. The number of para-hydroxylation sites is 1. The van der Waals surface area contributed by atoms with Crippen molar-refractivity contribution in [3.63, 3.8) is 0 Å². The van der Waals surface area contributed by atoms with Crippen LogP contribution in [0.2, 0.25) is 0 Å². The Bertz CT molecular complexity index is 841. The average molecular weight is 326 g/mol. The maximum absolute atomic E-state index is 14.2. The van der Waals surface area contributed by atoms with Gasteiger partial charge in [-0.15, -0.1) is 0 Å². The third-order valence-corrected chi connectivity index (χ3v) is 4.46. The fourth-order valence-corrected chi connectivity index (χ4v) is 3.23. The first kappa shape index (κ1) is 16.5. The number of halogens is 1. The van der Waals surface area contributed by atoms with E-state index in [4.69, 9.17) is 10.5 Å². The van der Waals surface area contributed by atoms with Gasteiger partial charge < -0.3 is 15.0 Å². The number of benzene rings is 2. The van der Waals surface area contributed by atoms with Gasteiger partial charge in [-0.2, -0.15) is 0 Å². The van der Waals surface area contributed by atoms with Crippen LogP contribution in [-0.4, -0.2) is 17.7 Å². The molecule has 3 nitrogen and oxygen atoms in total. The molecule has 0 aliphatic carbocycles. The highest BCUT2D eigenvalue weighted by Gasteiger charge is 2.16. The van der Waals surface area contributed by atoms with E-state index < -0.39 is 0 Å². The summed E-state index contributed by atoms with van der Waals surface area (Å²) < 4.78 is 21.6. The number of nitrogens with two attached hydrogens (primary N) is 1. The van der Waals surface area contributed by atoms with E-state index in [1.807, 2.05) is 32.2 Å².